The van der Waals surface area contributed by atoms with E-state index in [1.165, 1.54) is 6.08 Å². The van der Waals surface area contributed by atoms with E-state index in [0.29, 0.717) is 18.1 Å². The van der Waals surface area contributed by atoms with E-state index < -0.39 is 5.97 Å². The van der Waals surface area contributed by atoms with Crippen molar-refractivity contribution in [2.24, 2.45) is 0 Å². The highest BCUT2D eigenvalue weighted by atomic mass is 16.4. The smallest absolute Gasteiger partial charge is 0.328 e. The van der Waals surface area contributed by atoms with Crippen molar-refractivity contribution in [2.45, 2.75) is 6.54 Å². The molecule has 1 aromatic heterocycles. The number of hydrogen-bond donors (Lipinski definition) is 2. The van der Waals surface area contributed by atoms with Gasteiger partial charge in [-0.1, -0.05) is 24.3 Å². The Morgan fingerprint density at radius 3 is 2.64 bits per heavy atom. The van der Waals surface area contributed by atoms with Crippen LogP contribution in [-0.2, 0) is 11.3 Å². The summed E-state index contributed by atoms with van der Waals surface area (Å²) in [7, 11) is 0. The average molecular weight is 293 g/mol. The third kappa shape index (κ3) is 2.83. The van der Waals surface area contributed by atoms with Gasteiger partial charge < -0.3 is 15.4 Å². The van der Waals surface area contributed by atoms with Crippen molar-refractivity contribution in [3.63, 3.8) is 0 Å². The molecule has 0 radical (unpaired) electrons. The largest absolute Gasteiger partial charge is 0.478 e. The third-order valence-electron chi connectivity index (χ3n) is 3.38. The molecule has 0 atom stereocenters. The number of imidazole rings is 1. The van der Waals surface area contributed by atoms with Gasteiger partial charge in [0.25, 0.3) is 0 Å². The molecular weight excluding hydrogens is 278 g/mol. The van der Waals surface area contributed by atoms with E-state index in [1.54, 1.807) is 0 Å². The van der Waals surface area contributed by atoms with Crippen LogP contribution in [0.3, 0.4) is 0 Å². The second kappa shape index (κ2) is 5.73. The molecule has 0 unspecified atom stereocenters. The predicted molar refractivity (Wildman–Crippen MR) is 86.4 cm³/mol. The van der Waals surface area contributed by atoms with Crippen LogP contribution in [0.2, 0.25) is 0 Å². The lowest BCUT2D eigenvalue weighted by atomic mass is 10.2. The monoisotopic (exact) mass is 293 g/mol. The number of carboxylic acid groups (broad SMARTS) is 1. The first-order valence-corrected chi connectivity index (χ1v) is 6.84. The molecule has 0 bridgehead atoms. The summed E-state index contributed by atoms with van der Waals surface area (Å²) in [6, 6.07) is 15.3. The number of carbonyl (C=O) groups is 1. The van der Waals surface area contributed by atoms with Crippen molar-refractivity contribution in [3.8, 4) is 0 Å². The quantitative estimate of drug-likeness (QED) is 0.572. The maximum Gasteiger partial charge on any atom is 0.328 e. The number of benzene rings is 2. The van der Waals surface area contributed by atoms with E-state index in [1.807, 2.05) is 53.1 Å². The summed E-state index contributed by atoms with van der Waals surface area (Å²) in [5, 5.41) is 8.82. The molecule has 2 aromatic carbocycles. The molecule has 5 nitrogen and oxygen atoms in total. The summed E-state index contributed by atoms with van der Waals surface area (Å²) in [4.78, 5) is 15.2. The third-order valence-corrected chi connectivity index (χ3v) is 3.38. The highest BCUT2D eigenvalue weighted by Gasteiger charge is 2.09. The Balaban J connectivity index is 2.06. The molecule has 3 aromatic rings. The SMILES string of the molecule is Nc1ccc(Cn2c(/C=C/C(=O)O)nc3ccccc32)cc1. The molecular formula is C17H15N3O2. The Morgan fingerprint density at radius 1 is 1.18 bits per heavy atom. The van der Waals surface area contributed by atoms with Crippen LogP contribution < -0.4 is 5.73 Å². The zero-order chi connectivity index (χ0) is 15.5. The second-order valence-electron chi connectivity index (χ2n) is 4.96. The van der Waals surface area contributed by atoms with Crippen LogP contribution in [0.4, 0.5) is 5.69 Å². The molecule has 22 heavy (non-hydrogen) atoms. The van der Waals surface area contributed by atoms with Gasteiger partial charge in [-0.05, 0) is 35.9 Å². The molecule has 0 aliphatic rings. The molecule has 0 amide bonds. The van der Waals surface area contributed by atoms with Crippen molar-refractivity contribution in [1.29, 1.82) is 0 Å². The number of para-hydroxylation sites is 2. The van der Waals surface area contributed by atoms with Crippen molar-refractivity contribution >= 4 is 28.8 Å². The van der Waals surface area contributed by atoms with Crippen molar-refractivity contribution in [1.82, 2.24) is 9.55 Å². The van der Waals surface area contributed by atoms with Gasteiger partial charge in [0.15, 0.2) is 0 Å². The number of anilines is 1. The average Bonchev–Trinajstić information content (AvgIpc) is 2.85. The summed E-state index contributed by atoms with van der Waals surface area (Å²) in [6.45, 7) is 0.597. The fourth-order valence-electron chi connectivity index (χ4n) is 2.34. The number of fused-ring (bicyclic) bond motifs is 1. The highest BCUT2D eigenvalue weighted by molar-refractivity contribution is 5.86. The van der Waals surface area contributed by atoms with Crippen molar-refractivity contribution in [3.05, 3.63) is 66.0 Å². The lowest BCUT2D eigenvalue weighted by Gasteiger charge is -2.07. The first kappa shape index (κ1) is 13.9. The van der Waals surface area contributed by atoms with Crippen LogP contribution in [-0.4, -0.2) is 20.6 Å². The maximum atomic E-state index is 10.8. The van der Waals surface area contributed by atoms with Gasteiger partial charge in [0.2, 0.25) is 0 Å². The van der Waals surface area contributed by atoms with Crippen LogP contribution in [0.5, 0.6) is 0 Å². The molecule has 0 saturated carbocycles. The molecule has 3 rings (SSSR count). The number of rotatable bonds is 4. The van der Waals surface area contributed by atoms with E-state index >= 15 is 0 Å². The van der Waals surface area contributed by atoms with E-state index in [4.69, 9.17) is 10.8 Å². The molecule has 1 heterocycles. The summed E-state index contributed by atoms with van der Waals surface area (Å²) in [6.07, 6.45) is 2.61. The van der Waals surface area contributed by atoms with Gasteiger partial charge >= 0.3 is 5.97 Å². The number of nitrogens with zero attached hydrogens (tertiary/aromatic N) is 2. The lowest BCUT2D eigenvalue weighted by molar-refractivity contribution is -0.131. The maximum absolute atomic E-state index is 10.8. The van der Waals surface area contributed by atoms with E-state index in [9.17, 15) is 4.79 Å². The summed E-state index contributed by atoms with van der Waals surface area (Å²) < 4.78 is 1.99. The molecule has 0 aliphatic heterocycles. The Hall–Kier alpha value is -3.08. The minimum atomic E-state index is -0.994. The fraction of sp³-hybridized carbons (Fsp3) is 0.0588. The number of nitrogens with two attached hydrogens (primary N) is 1. The normalized spacial score (nSPS) is 11.3. The van der Waals surface area contributed by atoms with E-state index in [-0.39, 0.29) is 0 Å². The topological polar surface area (TPSA) is 81.1 Å². The summed E-state index contributed by atoms with van der Waals surface area (Å²) in [5.41, 5.74) is 9.29. The predicted octanol–water partition coefficient (Wildman–Crippen LogP) is 2.76. The van der Waals surface area contributed by atoms with Gasteiger partial charge in [0, 0.05) is 18.3 Å². The second-order valence-corrected chi connectivity index (χ2v) is 4.96. The first-order valence-electron chi connectivity index (χ1n) is 6.84. The number of hydrogen-bond acceptors (Lipinski definition) is 3. The van der Waals surface area contributed by atoms with Gasteiger partial charge in [-0.2, -0.15) is 0 Å². The molecule has 3 N–H and O–H groups in total. The van der Waals surface area contributed by atoms with Crippen LogP contribution in [0.25, 0.3) is 17.1 Å². The first-order chi connectivity index (χ1) is 10.6. The summed E-state index contributed by atoms with van der Waals surface area (Å²) in [5.74, 6) is -0.383. The van der Waals surface area contributed by atoms with Crippen LogP contribution in [0.1, 0.15) is 11.4 Å². The van der Waals surface area contributed by atoms with Crippen LogP contribution in [0, 0.1) is 0 Å². The van der Waals surface area contributed by atoms with Crippen LogP contribution in [0.15, 0.2) is 54.6 Å². The van der Waals surface area contributed by atoms with Gasteiger partial charge in [-0.3, -0.25) is 0 Å². The zero-order valence-corrected chi connectivity index (χ0v) is 11.8. The Labute approximate surface area is 127 Å². The zero-order valence-electron chi connectivity index (χ0n) is 11.8. The number of aromatic nitrogens is 2. The Kier molecular flexibility index (Phi) is 3.62. The number of carboxylic acids is 1. The Bertz CT molecular complexity index is 848. The number of nitrogen functional groups attached to an aromatic ring is 1. The fourth-order valence-corrected chi connectivity index (χ4v) is 2.34. The summed E-state index contributed by atoms with van der Waals surface area (Å²) >= 11 is 0. The van der Waals surface area contributed by atoms with Crippen molar-refractivity contribution < 1.29 is 9.90 Å². The van der Waals surface area contributed by atoms with Crippen molar-refractivity contribution in [2.75, 3.05) is 5.73 Å². The molecule has 0 saturated heterocycles. The Morgan fingerprint density at radius 2 is 1.91 bits per heavy atom. The highest BCUT2D eigenvalue weighted by Crippen LogP contribution is 2.19. The minimum Gasteiger partial charge on any atom is -0.478 e. The molecule has 5 heteroatoms. The lowest BCUT2D eigenvalue weighted by Crippen LogP contribution is -2.02. The number of aliphatic carboxylic acids is 1. The molecule has 0 aliphatic carbocycles. The van der Waals surface area contributed by atoms with E-state index in [0.717, 1.165) is 22.7 Å². The molecule has 110 valence electrons. The van der Waals surface area contributed by atoms with Gasteiger partial charge in [-0.15, -0.1) is 0 Å². The standard InChI is InChI=1S/C17H15N3O2/c18-13-7-5-12(6-8-13)11-20-15-4-2-1-3-14(15)19-16(20)9-10-17(21)22/h1-10H,11,18H2,(H,21,22)/b10-9+. The van der Waals surface area contributed by atoms with Crippen LogP contribution >= 0.6 is 0 Å². The van der Waals surface area contributed by atoms with E-state index in [2.05, 4.69) is 4.98 Å². The van der Waals surface area contributed by atoms with Gasteiger partial charge in [0.05, 0.1) is 11.0 Å². The molecule has 0 fully saturated rings. The molecule has 0 spiro atoms. The van der Waals surface area contributed by atoms with Gasteiger partial charge in [-0.25, -0.2) is 9.78 Å². The minimum absolute atomic E-state index is 0.597. The van der Waals surface area contributed by atoms with Gasteiger partial charge in [0.1, 0.15) is 5.82 Å².